The summed E-state index contributed by atoms with van der Waals surface area (Å²) < 4.78 is 9.89. The highest BCUT2D eigenvalue weighted by Crippen LogP contribution is 2.21. The van der Waals surface area contributed by atoms with Crippen LogP contribution in [0, 0.1) is 0 Å². The van der Waals surface area contributed by atoms with E-state index in [0.717, 1.165) is 0 Å². The zero-order valence-corrected chi connectivity index (χ0v) is 13.3. The molecule has 2 heterocycles. The van der Waals surface area contributed by atoms with Gasteiger partial charge in [0.1, 0.15) is 36.6 Å². The van der Waals surface area contributed by atoms with Crippen molar-refractivity contribution in [3.05, 3.63) is 0 Å². The molecule has 23 heavy (non-hydrogen) atoms. The maximum Gasteiger partial charge on any atom is 0.183 e. The summed E-state index contributed by atoms with van der Waals surface area (Å²) in [4.78, 5) is 0. The average Bonchev–Trinajstić information content (AvgIpc) is 2.55. The molecule has 7 N–H and O–H groups in total. The Kier molecular flexibility index (Phi) is 8.28. The SMILES string of the molecule is CCC1OC(O)C(O)C(O)C1O.CCC1OCC(O)C(O)C1O. The Bertz CT molecular complexity index is 335. The number of aliphatic hydroxyl groups excluding tert-OH is 7. The molecule has 138 valence electrons. The third-order valence-electron chi connectivity index (χ3n) is 4.10. The van der Waals surface area contributed by atoms with E-state index in [4.69, 9.17) is 29.9 Å². The topological polar surface area (TPSA) is 160 Å². The van der Waals surface area contributed by atoms with Crippen LogP contribution in [0.5, 0.6) is 0 Å². The zero-order chi connectivity index (χ0) is 17.7. The lowest BCUT2D eigenvalue weighted by Crippen LogP contribution is -2.57. The predicted molar refractivity (Wildman–Crippen MR) is 77.2 cm³/mol. The Hall–Kier alpha value is -0.360. The lowest BCUT2D eigenvalue weighted by atomic mass is 9.97. The Morgan fingerprint density at radius 3 is 1.74 bits per heavy atom. The van der Waals surface area contributed by atoms with E-state index in [9.17, 15) is 15.3 Å². The van der Waals surface area contributed by atoms with E-state index in [0.29, 0.717) is 12.8 Å². The first-order valence-corrected chi connectivity index (χ1v) is 7.78. The van der Waals surface area contributed by atoms with E-state index >= 15 is 0 Å². The molecule has 9 atom stereocenters. The third-order valence-corrected chi connectivity index (χ3v) is 4.10. The van der Waals surface area contributed by atoms with Crippen molar-refractivity contribution in [3.8, 4) is 0 Å². The second-order valence-corrected chi connectivity index (χ2v) is 5.77. The molecule has 2 saturated heterocycles. The van der Waals surface area contributed by atoms with Gasteiger partial charge in [-0.05, 0) is 12.8 Å². The Labute approximate surface area is 134 Å². The number of hydrogen-bond acceptors (Lipinski definition) is 9. The molecule has 2 aliphatic rings. The van der Waals surface area contributed by atoms with Crippen molar-refractivity contribution in [2.24, 2.45) is 0 Å². The molecule has 0 radical (unpaired) electrons. The summed E-state index contributed by atoms with van der Waals surface area (Å²) in [7, 11) is 0. The van der Waals surface area contributed by atoms with E-state index in [1.165, 1.54) is 0 Å². The van der Waals surface area contributed by atoms with Gasteiger partial charge in [-0.3, -0.25) is 0 Å². The van der Waals surface area contributed by atoms with Gasteiger partial charge in [0.15, 0.2) is 6.29 Å². The molecule has 2 aliphatic heterocycles. The number of rotatable bonds is 2. The van der Waals surface area contributed by atoms with E-state index in [2.05, 4.69) is 0 Å². The molecular weight excluding hydrogens is 312 g/mol. The van der Waals surface area contributed by atoms with Crippen LogP contribution in [0.3, 0.4) is 0 Å². The average molecular weight is 340 g/mol. The molecule has 2 rings (SSSR count). The van der Waals surface area contributed by atoms with Crippen LogP contribution in [0.1, 0.15) is 26.7 Å². The molecule has 0 bridgehead atoms. The largest absolute Gasteiger partial charge is 0.388 e. The fraction of sp³-hybridized carbons (Fsp3) is 1.00. The number of aliphatic hydroxyl groups is 7. The van der Waals surface area contributed by atoms with E-state index < -0.39 is 49.0 Å². The second kappa shape index (κ2) is 9.21. The molecule has 2 fully saturated rings. The fourth-order valence-electron chi connectivity index (χ4n) is 2.49. The lowest BCUT2D eigenvalue weighted by molar-refractivity contribution is -0.281. The number of ether oxygens (including phenoxy) is 2. The van der Waals surface area contributed by atoms with Crippen LogP contribution in [0.25, 0.3) is 0 Å². The standard InChI is InChI=1S/C7H14O5.C7H14O4/c1-2-3-4(8)5(9)6(10)7(11)12-3;1-2-5-7(10)6(9)4(8)3-11-5/h3-11H,2H2,1H3;4-10H,2-3H2,1H3. The van der Waals surface area contributed by atoms with Gasteiger partial charge in [-0.1, -0.05) is 13.8 Å². The Morgan fingerprint density at radius 1 is 0.696 bits per heavy atom. The van der Waals surface area contributed by atoms with Crippen molar-refractivity contribution in [2.75, 3.05) is 6.61 Å². The summed E-state index contributed by atoms with van der Waals surface area (Å²) in [6, 6.07) is 0. The summed E-state index contributed by atoms with van der Waals surface area (Å²) in [6.07, 6.45) is -8.10. The van der Waals surface area contributed by atoms with Crippen LogP contribution >= 0.6 is 0 Å². The first-order chi connectivity index (χ1) is 10.7. The molecule has 0 aromatic carbocycles. The monoisotopic (exact) mass is 340 g/mol. The highest BCUT2D eigenvalue weighted by atomic mass is 16.6. The summed E-state index contributed by atoms with van der Waals surface area (Å²) in [5, 5.41) is 64.0. The second-order valence-electron chi connectivity index (χ2n) is 5.77. The summed E-state index contributed by atoms with van der Waals surface area (Å²) in [5.41, 5.74) is 0. The summed E-state index contributed by atoms with van der Waals surface area (Å²) in [5.74, 6) is 0. The van der Waals surface area contributed by atoms with Gasteiger partial charge in [0.25, 0.3) is 0 Å². The molecule has 9 unspecified atom stereocenters. The zero-order valence-electron chi connectivity index (χ0n) is 13.3. The van der Waals surface area contributed by atoms with Crippen molar-refractivity contribution in [3.63, 3.8) is 0 Å². The molecular formula is C14H28O9. The van der Waals surface area contributed by atoms with Gasteiger partial charge in [0.05, 0.1) is 18.8 Å². The quantitative estimate of drug-likeness (QED) is 0.279. The maximum absolute atomic E-state index is 9.28. The highest BCUT2D eigenvalue weighted by Gasteiger charge is 2.41. The first kappa shape index (κ1) is 20.7. The summed E-state index contributed by atoms with van der Waals surface area (Å²) >= 11 is 0. The normalized spacial score (nSPS) is 47.6. The molecule has 0 aromatic rings. The Balaban J connectivity index is 0.000000231. The minimum absolute atomic E-state index is 0.108. The van der Waals surface area contributed by atoms with E-state index in [1.54, 1.807) is 6.92 Å². The van der Waals surface area contributed by atoms with Crippen molar-refractivity contribution >= 4 is 0 Å². The van der Waals surface area contributed by atoms with Gasteiger partial charge in [-0.15, -0.1) is 0 Å². The Morgan fingerprint density at radius 2 is 1.22 bits per heavy atom. The van der Waals surface area contributed by atoms with Gasteiger partial charge in [0, 0.05) is 0 Å². The molecule has 0 amide bonds. The smallest absolute Gasteiger partial charge is 0.183 e. The van der Waals surface area contributed by atoms with Gasteiger partial charge in [-0.25, -0.2) is 0 Å². The molecule has 0 aromatic heterocycles. The fourth-order valence-corrected chi connectivity index (χ4v) is 2.49. The first-order valence-electron chi connectivity index (χ1n) is 7.78. The van der Waals surface area contributed by atoms with Crippen molar-refractivity contribution < 1.29 is 45.2 Å². The minimum atomic E-state index is -1.43. The van der Waals surface area contributed by atoms with E-state index in [-0.39, 0.29) is 12.7 Å². The van der Waals surface area contributed by atoms with Crippen LogP contribution in [-0.4, -0.2) is 97.5 Å². The van der Waals surface area contributed by atoms with Gasteiger partial charge in [0.2, 0.25) is 0 Å². The third kappa shape index (κ3) is 5.05. The van der Waals surface area contributed by atoms with Gasteiger partial charge < -0.3 is 45.2 Å². The summed E-state index contributed by atoms with van der Waals surface area (Å²) in [6.45, 7) is 3.72. The molecule has 9 nitrogen and oxygen atoms in total. The minimum Gasteiger partial charge on any atom is -0.388 e. The molecule has 0 spiro atoms. The predicted octanol–water partition coefficient (Wildman–Crippen LogP) is -2.93. The van der Waals surface area contributed by atoms with Crippen molar-refractivity contribution in [1.29, 1.82) is 0 Å². The van der Waals surface area contributed by atoms with Gasteiger partial charge in [-0.2, -0.15) is 0 Å². The van der Waals surface area contributed by atoms with Crippen LogP contribution < -0.4 is 0 Å². The van der Waals surface area contributed by atoms with Crippen LogP contribution in [0.2, 0.25) is 0 Å². The molecule has 0 aliphatic carbocycles. The molecule has 9 heteroatoms. The van der Waals surface area contributed by atoms with Crippen LogP contribution in [0.15, 0.2) is 0 Å². The van der Waals surface area contributed by atoms with Crippen molar-refractivity contribution in [1.82, 2.24) is 0 Å². The van der Waals surface area contributed by atoms with Gasteiger partial charge >= 0.3 is 0 Å². The maximum atomic E-state index is 9.28. The van der Waals surface area contributed by atoms with Crippen LogP contribution in [-0.2, 0) is 9.47 Å². The van der Waals surface area contributed by atoms with Crippen LogP contribution in [0.4, 0.5) is 0 Å². The van der Waals surface area contributed by atoms with E-state index in [1.807, 2.05) is 6.92 Å². The molecule has 0 saturated carbocycles. The lowest BCUT2D eigenvalue weighted by Gasteiger charge is -2.37. The van der Waals surface area contributed by atoms with Crippen molar-refractivity contribution in [2.45, 2.75) is 81.8 Å². The number of hydrogen-bond donors (Lipinski definition) is 7. The highest BCUT2D eigenvalue weighted by molar-refractivity contribution is 4.87.